The first-order valence-electron chi connectivity index (χ1n) is 17.0. The van der Waals surface area contributed by atoms with Gasteiger partial charge in [0.25, 0.3) is 11.1 Å². The molecule has 55 heavy (non-hydrogen) atoms. The third-order valence-corrected chi connectivity index (χ3v) is 13.9. The molecule has 6 N–H and O–H groups in total. The van der Waals surface area contributed by atoms with Crippen molar-refractivity contribution < 1.29 is 4.21 Å². The Labute approximate surface area is 336 Å². The fourth-order valence-electron chi connectivity index (χ4n) is 6.05. The quantitative estimate of drug-likeness (QED) is 0.0974. The van der Waals surface area contributed by atoms with E-state index in [0.717, 1.165) is 43.4 Å². The van der Waals surface area contributed by atoms with E-state index in [1.165, 1.54) is 10.7 Å². The van der Waals surface area contributed by atoms with Gasteiger partial charge in [0.1, 0.15) is 10.0 Å². The fourth-order valence-corrected chi connectivity index (χ4v) is 9.48. The molecule has 1 aliphatic rings. The summed E-state index contributed by atoms with van der Waals surface area (Å²) in [6.07, 6.45) is 1.02. The van der Waals surface area contributed by atoms with E-state index >= 15 is 0 Å². The predicted octanol–water partition coefficient (Wildman–Crippen LogP) is 8.34. The number of aromatic nitrogens is 4. The molecular weight excluding hydrogens is 819 g/mol. The topological polar surface area (TPSA) is 163 Å². The van der Waals surface area contributed by atoms with E-state index in [4.69, 9.17) is 18.9 Å². The minimum atomic E-state index is -1.30. The van der Waals surface area contributed by atoms with E-state index in [1.54, 1.807) is 34.8 Å². The highest BCUT2D eigenvalue weighted by atomic mass is 79.9. The lowest BCUT2D eigenvalue weighted by molar-refractivity contribution is 0.441. The van der Waals surface area contributed by atoms with Crippen LogP contribution in [-0.2, 0) is 34.9 Å². The van der Waals surface area contributed by atoms with Crippen molar-refractivity contribution in [3.05, 3.63) is 147 Å². The first kappa shape index (κ1) is 39.6. The van der Waals surface area contributed by atoms with Crippen LogP contribution in [0.3, 0.4) is 0 Å². The Hall–Kier alpha value is -5.10. The molecule has 5 heterocycles. The van der Waals surface area contributed by atoms with Crippen LogP contribution in [0, 0.1) is 13.1 Å². The Balaban J connectivity index is 0.000000188. The van der Waals surface area contributed by atoms with Gasteiger partial charge in [-0.3, -0.25) is 19.8 Å². The standard InChI is InChI=1S/C21H24N4O2S2.C18H14BrN5OS/c1-20(2,3)29(27)25-21(4,12-17-11-19(26)24-23-17)18-10-15(13-28-18)14-7-6-8-16(9-14)22-5;1-18(8-13-15(19)16(25)23-24(13)17(20)22-18)14-7-11(9-26-14)10-4-3-5-12(6-10)21-2/h6-11,13,25H,12H2,1-4H3,(H2,23,24,26);3-7,9H,8H2,1H3,(H2,20,22)(H,23,25)/t21-,29?;18-/m00/s1. The van der Waals surface area contributed by atoms with Crippen molar-refractivity contribution in [3.8, 4) is 22.3 Å². The summed E-state index contributed by atoms with van der Waals surface area (Å²) < 4.78 is 17.8. The molecule has 0 saturated carbocycles. The summed E-state index contributed by atoms with van der Waals surface area (Å²) in [7, 11) is -1.30. The molecule has 12 nitrogen and oxygen atoms in total. The zero-order valence-electron chi connectivity index (χ0n) is 30.6. The fraction of sp³-hybridized carbons (Fsp3) is 0.256. The van der Waals surface area contributed by atoms with E-state index in [0.29, 0.717) is 28.7 Å². The summed E-state index contributed by atoms with van der Waals surface area (Å²) in [5, 5.41) is 12.2. The molecular formula is C39H38BrN9O3S3. The maximum absolute atomic E-state index is 12.9. The highest BCUT2D eigenvalue weighted by molar-refractivity contribution is 9.10. The van der Waals surface area contributed by atoms with E-state index in [-0.39, 0.29) is 17.1 Å². The predicted molar refractivity (Wildman–Crippen MR) is 226 cm³/mol. The SMILES string of the molecule is [C-]#[N+]c1cccc(-c2csc([C@](C)(Cc3cc(=O)[nH][nH]3)NS(=O)C(C)(C)C)c2)c1.[C-]#[N+]c1cccc(-c2csc([C@]3(C)Cc4c(Br)c(=O)[nH]n4C(N)=N3)c2)c1. The molecule has 7 rings (SSSR count). The van der Waals surface area contributed by atoms with Crippen LogP contribution in [0.5, 0.6) is 0 Å². The number of nitrogens with one attached hydrogen (secondary N) is 4. The van der Waals surface area contributed by atoms with Crippen LogP contribution in [0.2, 0.25) is 0 Å². The van der Waals surface area contributed by atoms with E-state index in [1.807, 2.05) is 76.4 Å². The lowest BCUT2D eigenvalue weighted by Gasteiger charge is -2.32. The van der Waals surface area contributed by atoms with E-state index in [2.05, 4.69) is 68.1 Å². The second kappa shape index (κ2) is 15.6. The van der Waals surface area contributed by atoms with Gasteiger partial charge in [-0.15, -0.1) is 22.7 Å². The van der Waals surface area contributed by atoms with Crippen LogP contribution < -0.4 is 21.6 Å². The van der Waals surface area contributed by atoms with E-state index < -0.39 is 26.8 Å². The molecule has 0 fully saturated rings. The van der Waals surface area contributed by atoms with Gasteiger partial charge < -0.3 is 10.8 Å². The third-order valence-electron chi connectivity index (χ3n) is 9.00. The molecule has 3 atom stereocenters. The van der Waals surface area contributed by atoms with Crippen LogP contribution in [0.25, 0.3) is 31.9 Å². The van der Waals surface area contributed by atoms with E-state index in [9.17, 15) is 13.8 Å². The zero-order chi connectivity index (χ0) is 39.7. The monoisotopic (exact) mass is 855 g/mol. The Morgan fingerprint density at radius 2 is 1.56 bits per heavy atom. The number of thiophene rings is 2. The molecule has 1 unspecified atom stereocenters. The highest BCUT2D eigenvalue weighted by Crippen LogP contribution is 2.40. The lowest BCUT2D eigenvalue weighted by atomic mass is 9.92. The number of nitrogens with two attached hydrogens (primary N) is 1. The molecule has 0 bridgehead atoms. The molecule has 0 spiro atoms. The van der Waals surface area contributed by atoms with Crippen LogP contribution >= 0.6 is 38.6 Å². The molecule has 0 aliphatic carbocycles. The average molecular weight is 857 g/mol. The van der Waals surface area contributed by atoms with Gasteiger partial charge in [-0.25, -0.2) is 28.3 Å². The van der Waals surface area contributed by atoms with Crippen molar-refractivity contribution >= 4 is 66.9 Å². The summed E-state index contributed by atoms with van der Waals surface area (Å²) in [6, 6.07) is 20.7. The molecule has 2 aromatic carbocycles. The van der Waals surface area contributed by atoms with Crippen molar-refractivity contribution in [2.45, 2.75) is 63.3 Å². The van der Waals surface area contributed by atoms with Crippen LogP contribution in [-0.4, -0.2) is 34.9 Å². The van der Waals surface area contributed by atoms with Crippen molar-refractivity contribution in [2.75, 3.05) is 0 Å². The van der Waals surface area contributed by atoms with Gasteiger partial charge in [0, 0.05) is 34.4 Å². The molecule has 0 amide bonds. The Kier molecular flexibility index (Phi) is 11.2. The van der Waals surface area contributed by atoms with Crippen LogP contribution in [0.4, 0.5) is 11.4 Å². The third kappa shape index (κ3) is 8.59. The second-order valence-electron chi connectivity index (χ2n) is 14.5. The number of rotatable bonds is 8. The Bertz CT molecular complexity index is 2640. The number of halogens is 1. The molecule has 6 aromatic rings. The number of aliphatic imine (C=N–C) groups is 1. The largest absolute Gasteiger partial charge is 0.368 e. The summed E-state index contributed by atoms with van der Waals surface area (Å²) in [5.74, 6) is 0.265. The second-order valence-corrected chi connectivity index (χ2v) is 19.0. The maximum Gasteiger partial charge on any atom is 0.279 e. The van der Waals surface area contributed by atoms with Crippen molar-refractivity contribution in [2.24, 2.45) is 10.7 Å². The van der Waals surface area contributed by atoms with Gasteiger partial charge in [0.05, 0.1) is 40.1 Å². The first-order valence-corrected chi connectivity index (χ1v) is 20.7. The van der Waals surface area contributed by atoms with Gasteiger partial charge in [-0.05, 0) is 108 Å². The summed E-state index contributed by atoms with van der Waals surface area (Å²) in [5.41, 5.74) is 11.2. The first-order chi connectivity index (χ1) is 26.0. The number of H-pyrrole nitrogens is 3. The summed E-state index contributed by atoms with van der Waals surface area (Å²) >= 11 is 6.51. The van der Waals surface area contributed by atoms with Crippen LogP contribution in [0.15, 0.2) is 96.5 Å². The summed E-state index contributed by atoms with van der Waals surface area (Å²) in [4.78, 5) is 37.1. The van der Waals surface area contributed by atoms with Gasteiger partial charge in [-0.1, -0.05) is 36.4 Å². The summed E-state index contributed by atoms with van der Waals surface area (Å²) in [6.45, 7) is 24.2. The van der Waals surface area contributed by atoms with Crippen molar-refractivity contribution in [1.29, 1.82) is 0 Å². The van der Waals surface area contributed by atoms with Gasteiger partial charge >= 0.3 is 0 Å². The normalized spacial score (nSPS) is 16.8. The number of nitrogens with zero attached hydrogens (tertiary/aromatic N) is 4. The smallest absolute Gasteiger partial charge is 0.279 e. The van der Waals surface area contributed by atoms with Crippen molar-refractivity contribution in [3.63, 3.8) is 0 Å². The maximum atomic E-state index is 12.9. The molecule has 1 aliphatic heterocycles. The molecule has 0 radical (unpaired) electrons. The number of benzene rings is 2. The number of hydrogen-bond donors (Lipinski definition) is 5. The van der Waals surface area contributed by atoms with Gasteiger partial charge in [0.2, 0.25) is 5.96 Å². The highest BCUT2D eigenvalue weighted by Gasteiger charge is 2.37. The van der Waals surface area contributed by atoms with Gasteiger partial charge in [0.15, 0.2) is 11.4 Å². The number of fused-ring (bicyclic) bond motifs is 1. The number of hydrogen-bond acceptors (Lipinski definition) is 7. The zero-order valence-corrected chi connectivity index (χ0v) is 34.6. The molecule has 4 aromatic heterocycles. The Morgan fingerprint density at radius 3 is 2.15 bits per heavy atom. The Morgan fingerprint density at radius 1 is 0.945 bits per heavy atom. The minimum Gasteiger partial charge on any atom is -0.368 e. The lowest BCUT2D eigenvalue weighted by Crippen LogP contribution is -2.47. The molecule has 16 heteroatoms. The molecule has 282 valence electrons. The minimum absolute atomic E-state index is 0.192. The average Bonchev–Trinajstić information content (AvgIpc) is 3.98. The van der Waals surface area contributed by atoms with Crippen LogP contribution in [0.1, 0.15) is 55.8 Å². The number of aromatic amines is 3. The van der Waals surface area contributed by atoms with Crippen molar-refractivity contribution in [1.82, 2.24) is 24.7 Å². The van der Waals surface area contributed by atoms with Gasteiger partial charge in [-0.2, -0.15) is 0 Å². The molecule has 0 saturated heterocycles.